The van der Waals surface area contributed by atoms with Crippen LogP contribution in [0.5, 0.6) is 0 Å². The number of aryl methyl sites for hydroxylation is 1. The highest BCUT2D eigenvalue weighted by atomic mass is 32.1. The molecule has 0 aliphatic heterocycles. The van der Waals surface area contributed by atoms with Crippen LogP contribution in [0.15, 0.2) is 0 Å². The Morgan fingerprint density at radius 2 is 1.94 bits per heavy atom. The molecule has 0 aromatic carbocycles. The topological polar surface area (TPSA) is 54.9 Å². The molecule has 18 heavy (non-hydrogen) atoms. The number of rotatable bonds is 8. The number of anilines is 1. The van der Waals surface area contributed by atoms with E-state index in [9.17, 15) is 4.79 Å². The number of nitrogens with zero attached hydrogens (tertiary/aromatic N) is 2. The molecule has 1 rings (SSSR count). The first-order chi connectivity index (χ1) is 8.71. The summed E-state index contributed by atoms with van der Waals surface area (Å²) in [6, 6.07) is 0. The van der Waals surface area contributed by atoms with Crippen LogP contribution >= 0.6 is 11.3 Å². The molecule has 0 spiro atoms. The van der Waals surface area contributed by atoms with Crippen molar-refractivity contribution in [2.75, 3.05) is 5.32 Å². The first-order valence-electron chi connectivity index (χ1n) is 6.84. The molecule has 0 bridgehead atoms. The number of hydrogen-bond acceptors (Lipinski definition) is 4. The predicted octanol–water partition coefficient (Wildman–Crippen LogP) is 3.65. The fourth-order valence-corrected chi connectivity index (χ4v) is 2.58. The van der Waals surface area contributed by atoms with Crippen LogP contribution in [-0.2, 0) is 11.2 Å². The summed E-state index contributed by atoms with van der Waals surface area (Å²) in [5, 5.41) is 12.6. The fraction of sp³-hybridized carbons (Fsp3) is 0.769. The molecule has 1 amide bonds. The minimum atomic E-state index is 0.0660. The minimum absolute atomic E-state index is 0.0660. The monoisotopic (exact) mass is 269 g/mol. The van der Waals surface area contributed by atoms with Gasteiger partial charge in [-0.05, 0) is 19.3 Å². The van der Waals surface area contributed by atoms with E-state index >= 15 is 0 Å². The van der Waals surface area contributed by atoms with E-state index in [1.807, 2.05) is 13.8 Å². The van der Waals surface area contributed by atoms with Gasteiger partial charge in [0.1, 0.15) is 5.01 Å². The molecule has 0 unspecified atom stereocenters. The number of unbranched alkanes of at least 4 members (excludes halogenated alkanes) is 2. The molecular weight excluding hydrogens is 246 g/mol. The lowest BCUT2D eigenvalue weighted by Gasteiger charge is -2.09. The molecule has 1 aromatic rings. The maximum Gasteiger partial charge on any atom is 0.229 e. The zero-order valence-electron chi connectivity index (χ0n) is 11.5. The van der Waals surface area contributed by atoms with Gasteiger partial charge >= 0.3 is 0 Å². The Morgan fingerprint density at radius 1 is 1.22 bits per heavy atom. The van der Waals surface area contributed by atoms with Crippen LogP contribution in [0.25, 0.3) is 0 Å². The second-order valence-corrected chi connectivity index (χ2v) is 5.52. The van der Waals surface area contributed by atoms with Crippen molar-refractivity contribution in [1.29, 1.82) is 0 Å². The quantitative estimate of drug-likeness (QED) is 0.733. The Bertz CT molecular complexity index is 361. The number of hydrogen-bond donors (Lipinski definition) is 1. The second-order valence-electron chi connectivity index (χ2n) is 4.46. The Kier molecular flexibility index (Phi) is 6.86. The zero-order valence-corrected chi connectivity index (χ0v) is 12.3. The predicted molar refractivity (Wildman–Crippen MR) is 75.8 cm³/mol. The molecule has 0 atom stereocenters. The molecule has 102 valence electrons. The Morgan fingerprint density at radius 3 is 2.56 bits per heavy atom. The summed E-state index contributed by atoms with van der Waals surface area (Å²) in [7, 11) is 0. The van der Waals surface area contributed by atoms with Gasteiger partial charge in [0.15, 0.2) is 0 Å². The van der Waals surface area contributed by atoms with Crippen LogP contribution in [0.2, 0.25) is 0 Å². The van der Waals surface area contributed by atoms with Gasteiger partial charge in [0.25, 0.3) is 0 Å². The van der Waals surface area contributed by atoms with E-state index in [0.717, 1.165) is 30.7 Å². The standard InChI is InChI=1S/C13H23N3OS/c1-4-7-8-9-11-15-16-13(18-11)14-12(17)10(5-2)6-3/h10H,4-9H2,1-3H3,(H,14,16,17). The van der Waals surface area contributed by atoms with Gasteiger partial charge in [-0.3, -0.25) is 4.79 Å². The molecule has 0 saturated heterocycles. The number of amides is 1. The number of carbonyl (C=O) groups excluding carboxylic acids is 1. The van der Waals surface area contributed by atoms with E-state index < -0.39 is 0 Å². The van der Waals surface area contributed by atoms with Gasteiger partial charge in [0.2, 0.25) is 11.0 Å². The van der Waals surface area contributed by atoms with Gasteiger partial charge < -0.3 is 5.32 Å². The molecule has 0 fully saturated rings. The van der Waals surface area contributed by atoms with E-state index in [2.05, 4.69) is 22.4 Å². The van der Waals surface area contributed by atoms with Crippen molar-refractivity contribution in [3.05, 3.63) is 5.01 Å². The molecule has 1 aromatic heterocycles. The van der Waals surface area contributed by atoms with Crippen LogP contribution in [0.1, 0.15) is 57.9 Å². The SMILES string of the molecule is CCCCCc1nnc(NC(=O)C(CC)CC)s1. The summed E-state index contributed by atoms with van der Waals surface area (Å²) in [5.74, 6) is 0.147. The van der Waals surface area contributed by atoms with Crippen molar-refractivity contribution in [3.63, 3.8) is 0 Å². The van der Waals surface area contributed by atoms with Crippen molar-refractivity contribution in [2.24, 2.45) is 5.92 Å². The first-order valence-corrected chi connectivity index (χ1v) is 7.66. The molecule has 1 heterocycles. The third kappa shape index (κ3) is 4.72. The van der Waals surface area contributed by atoms with Crippen LogP contribution < -0.4 is 5.32 Å². The van der Waals surface area contributed by atoms with E-state index in [0.29, 0.717) is 5.13 Å². The van der Waals surface area contributed by atoms with Gasteiger partial charge in [-0.1, -0.05) is 44.9 Å². The average molecular weight is 269 g/mol. The summed E-state index contributed by atoms with van der Waals surface area (Å²) in [6.07, 6.45) is 6.26. The number of aromatic nitrogens is 2. The molecular formula is C13H23N3OS. The number of carbonyl (C=O) groups is 1. The highest BCUT2D eigenvalue weighted by Gasteiger charge is 2.16. The molecule has 5 heteroatoms. The summed E-state index contributed by atoms with van der Waals surface area (Å²) in [6.45, 7) is 6.25. The first kappa shape index (κ1) is 15.1. The van der Waals surface area contributed by atoms with E-state index in [-0.39, 0.29) is 11.8 Å². The van der Waals surface area contributed by atoms with E-state index in [4.69, 9.17) is 0 Å². The summed E-state index contributed by atoms with van der Waals surface area (Å²) in [5.41, 5.74) is 0. The molecule has 0 saturated carbocycles. The summed E-state index contributed by atoms with van der Waals surface area (Å²) >= 11 is 1.50. The average Bonchev–Trinajstić information content (AvgIpc) is 2.79. The maximum atomic E-state index is 11.9. The number of nitrogens with one attached hydrogen (secondary N) is 1. The molecule has 1 N–H and O–H groups in total. The van der Waals surface area contributed by atoms with Gasteiger partial charge in [-0.25, -0.2) is 0 Å². The third-order valence-electron chi connectivity index (χ3n) is 3.05. The van der Waals surface area contributed by atoms with Crippen molar-refractivity contribution < 1.29 is 4.79 Å². The Labute approximate surface area is 113 Å². The lowest BCUT2D eigenvalue weighted by Crippen LogP contribution is -2.21. The highest BCUT2D eigenvalue weighted by molar-refractivity contribution is 7.15. The summed E-state index contributed by atoms with van der Waals surface area (Å²) < 4.78 is 0. The smallest absolute Gasteiger partial charge is 0.229 e. The van der Waals surface area contributed by atoms with Crippen LogP contribution in [0.3, 0.4) is 0 Å². The zero-order chi connectivity index (χ0) is 13.4. The van der Waals surface area contributed by atoms with Gasteiger partial charge in [0.05, 0.1) is 0 Å². The van der Waals surface area contributed by atoms with Crippen molar-refractivity contribution in [1.82, 2.24) is 10.2 Å². The van der Waals surface area contributed by atoms with Crippen LogP contribution in [-0.4, -0.2) is 16.1 Å². The third-order valence-corrected chi connectivity index (χ3v) is 3.95. The van der Waals surface area contributed by atoms with Crippen molar-refractivity contribution in [2.45, 2.75) is 59.3 Å². The second kappa shape index (κ2) is 8.19. The van der Waals surface area contributed by atoms with Gasteiger partial charge in [-0.2, -0.15) is 0 Å². The molecule has 0 radical (unpaired) electrons. The Balaban J connectivity index is 2.45. The van der Waals surface area contributed by atoms with Crippen molar-refractivity contribution >= 4 is 22.4 Å². The van der Waals surface area contributed by atoms with Crippen LogP contribution in [0.4, 0.5) is 5.13 Å². The van der Waals surface area contributed by atoms with E-state index in [1.54, 1.807) is 0 Å². The molecule has 0 aliphatic rings. The molecule has 4 nitrogen and oxygen atoms in total. The normalized spacial score (nSPS) is 10.9. The largest absolute Gasteiger partial charge is 0.300 e. The van der Waals surface area contributed by atoms with E-state index in [1.165, 1.54) is 24.2 Å². The highest BCUT2D eigenvalue weighted by Crippen LogP contribution is 2.19. The molecule has 0 aliphatic carbocycles. The van der Waals surface area contributed by atoms with Crippen molar-refractivity contribution in [3.8, 4) is 0 Å². The lowest BCUT2D eigenvalue weighted by molar-refractivity contribution is -0.120. The maximum absolute atomic E-state index is 11.9. The minimum Gasteiger partial charge on any atom is -0.300 e. The van der Waals surface area contributed by atoms with Gasteiger partial charge in [-0.15, -0.1) is 10.2 Å². The summed E-state index contributed by atoms with van der Waals surface area (Å²) in [4.78, 5) is 11.9. The van der Waals surface area contributed by atoms with Gasteiger partial charge in [0, 0.05) is 12.3 Å². The lowest BCUT2D eigenvalue weighted by atomic mass is 10.0. The van der Waals surface area contributed by atoms with Crippen LogP contribution in [0, 0.1) is 5.92 Å². The fourth-order valence-electron chi connectivity index (χ4n) is 1.80. The Hall–Kier alpha value is -0.970.